The lowest BCUT2D eigenvalue weighted by Gasteiger charge is -2.57. The highest BCUT2D eigenvalue weighted by Gasteiger charge is 2.59. The standard InChI is InChI=1S/C28H42O3Si/c1-26(2,3)32(6,7)31-24-11-10-22-25-20-17-18-16-19(30-5)8-9-21(18)28(25,13-12-23(20)29)15-14-27(22,24)4/h8-9,16,20,23-24,29H,10-15,17H2,1-7H3/t20-,23-,24+,27+,28+/m1/s1. The zero-order valence-corrected chi connectivity index (χ0v) is 22.2. The van der Waals surface area contributed by atoms with Crippen molar-refractivity contribution in [2.75, 3.05) is 7.11 Å². The number of aliphatic hydroxyl groups is 1. The normalized spacial score (nSPS) is 36.4. The maximum atomic E-state index is 11.2. The molecule has 2 fully saturated rings. The number of ether oxygens (including phenoxy) is 1. The monoisotopic (exact) mass is 454 g/mol. The van der Waals surface area contributed by atoms with Crippen molar-refractivity contribution in [3.05, 3.63) is 40.5 Å². The molecule has 0 amide bonds. The molecule has 0 aliphatic heterocycles. The minimum Gasteiger partial charge on any atom is -0.497 e. The molecule has 2 saturated carbocycles. The summed E-state index contributed by atoms with van der Waals surface area (Å²) in [7, 11) is -0.0854. The number of aliphatic hydroxyl groups excluding tert-OH is 1. The first kappa shape index (κ1) is 22.7. The van der Waals surface area contributed by atoms with E-state index < -0.39 is 8.32 Å². The molecule has 1 aromatic rings. The molecule has 1 N–H and O–H groups in total. The van der Waals surface area contributed by atoms with Crippen LogP contribution in [0.25, 0.3) is 0 Å². The number of benzene rings is 1. The van der Waals surface area contributed by atoms with Gasteiger partial charge in [-0.05, 0) is 86.3 Å². The summed E-state index contributed by atoms with van der Waals surface area (Å²) < 4.78 is 12.6. The van der Waals surface area contributed by atoms with Gasteiger partial charge >= 0.3 is 0 Å². The van der Waals surface area contributed by atoms with Crippen molar-refractivity contribution in [3.8, 4) is 5.75 Å². The van der Waals surface area contributed by atoms with Crippen molar-refractivity contribution >= 4 is 8.32 Å². The maximum absolute atomic E-state index is 11.2. The number of hydrogen-bond donors (Lipinski definition) is 1. The van der Waals surface area contributed by atoms with Gasteiger partial charge in [0, 0.05) is 16.7 Å². The number of hydrogen-bond acceptors (Lipinski definition) is 3. The van der Waals surface area contributed by atoms with E-state index in [-0.39, 0.29) is 27.9 Å². The average molecular weight is 455 g/mol. The number of rotatable bonds is 3. The van der Waals surface area contributed by atoms with Gasteiger partial charge in [-0.3, -0.25) is 0 Å². The van der Waals surface area contributed by atoms with Gasteiger partial charge in [0.1, 0.15) is 5.75 Å². The van der Waals surface area contributed by atoms with E-state index in [1.165, 1.54) is 24.0 Å². The van der Waals surface area contributed by atoms with Crippen LogP contribution in [0.4, 0.5) is 0 Å². The summed E-state index contributed by atoms with van der Waals surface area (Å²) in [6.45, 7) is 14.3. The smallest absolute Gasteiger partial charge is 0.192 e. The van der Waals surface area contributed by atoms with Crippen LogP contribution in [0.3, 0.4) is 0 Å². The fraction of sp³-hybridized carbons (Fsp3) is 0.714. The molecule has 5 rings (SSSR count). The Balaban J connectivity index is 1.61. The first-order chi connectivity index (χ1) is 14.9. The molecule has 0 saturated heterocycles. The molecule has 2 bridgehead atoms. The van der Waals surface area contributed by atoms with Crippen molar-refractivity contribution in [3.63, 3.8) is 0 Å². The molecular weight excluding hydrogens is 412 g/mol. The molecule has 4 aliphatic carbocycles. The molecule has 4 aliphatic rings. The molecule has 32 heavy (non-hydrogen) atoms. The Morgan fingerprint density at radius 2 is 1.84 bits per heavy atom. The molecule has 1 aromatic carbocycles. The topological polar surface area (TPSA) is 38.7 Å². The molecule has 176 valence electrons. The van der Waals surface area contributed by atoms with Gasteiger partial charge in [0.2, 0.25) is 0 Å². The predicted octanol–water partition coefficient (Wildman–Crippen LogP) is 6.54. The maximum Gasteiger partial charge on any atom is 0.192 e. The Morgan fingerprint density at radius 1 is 1.09 bits per heavy atom. The summed E-state index contributed by atoms with van der Waals surface area (Å²) in [6.07, 6.45) is 7.68. The fourth-order valence-electron chi connectivity index (χ4n) is 7.29. The molecule has 4 heteroatoms. The van der Waals surface area contributed by atoms with E-state index in [0.717, 1.165) is 37.9 Å². The number of fused-ring (bicyclic) bond motifs is 2. The van der Waals surface area contributed by atoms with Gasteiger partial charge in [0.05, 0.1) is 19.3 Å². The highest BCUT2D eigenvalue weighted by Crippen LogP contribution is 2.65. The summed E-state index contributed by atoms with van der Waals surface area (Å²) in [5, 5.41) is 11.4. The largest absolute Gasteiger partial charge is 0.497 e. The van der Waals surface area contributed by atoms with Crippen molar-refractivity contribution in [2.45, 2.75) is 108 Å². The lowest BCUT2D eigenvalue weighted by molar-refractivity contribution is 0.0356. The zero-order valence-electron chi connectivity index (χ0n) is 21.2. The Morgan fingerprint density at radius 3 is 2.53 bits per heavy atom. The van der Waals surface area contributed by atoms with Crippen molar-refractivity contribution < 1.29 is 14.3 Å². The van der Waals surface area contributed by atoms with E-state index in [2.05, 4.69) is 59.0 Å². The van der Waals surface area contributed by atoms with Gasteiger partial charge in [-0.1, -0.05) is 44.9 Å². The van der Waals surface area contributed by atoms with Gasteiger partial charge < -0.3 is 14.3 Å². The number of methoxy groups -OCH3 is 1. The van der Waals surface area contributed by atoms with Crippen molar-refractivity contribution in [2.24, 2.45) is 11.3 Å². The minimum atomic E-state index is -1.83. The summed E-state index contributed by atoms with van der Waals surface area (Å²) in [5.74, 6) is 1.19. The molecule has 0 unspecified atom stereocenters. The van der Waals surface area contributed by atoms with Gasteiger partial charge in [0.15, 0.2) is 8.32 Å². The fourth-order valence-corrected chi connectivity index (χ4v) is 8.74. The Kier molecular flexibility index (Phi) is 5.10. The quantitative estimate of drug-likeness (QED) is 0.416. The van der Waals surface area contributed by atoms with E-state index in [1.54, 1.807) is 18.3 Å². The second-order valence-electron chi connectivity index (χ2n) is 12.7. The van der Waals surface area contributed by atoms with E-state index in [1.807, 2.05) is 0 Å². The molecule has 0 spiro atoms. The molecule has 0 aromatic heterocycles. The van der Waals surface area contributed by atoms with Gasteiger partial charge in [-0.25, -0.2) is 0 Å². The molecular formula is C28H42O3Si. The van der Waals surface area contributed by atoms with Gasteiger partial charge in [-0.2, -0.15) is 0 Å². The summed E-state index contributed by atoms with van der Waals surface area (Å²) >= 11 is 0. The lowest BCUT2D eigenvalue weighted by Crippen LogP contribution is -2.53. The average Bonchev–Trinajstić information content (AvgIpc) is 3.05. The van der Waals surface area contributed by atoms with Crippen LogP contribution in [-0.4, -0.2) is 32.7 Å². The third-order valence-corrected chi connectivity index (χ3v) is 14.7. The van der Waals surface area contributed by atoms with E-state index in [0.29, 0.717) is 6.10 Å². The van der Waals surface area contributed by atoms with Crippen LogP contribution in [-0.2, 0) is 16.3 Å². The highest BCUT2D eigenvalue weighted by atomic mass is 28.4. The van der Waals surface area contributed by atoms with E-state index in [4.69, 9.17) is 9.16 Å². The van der Waals surface area contributed by atoms with Crippen molar-refractivity contribution in [1.29, 1.82) is 0 Å². The van der Waals surface area contributed by atoms with Crippen LogP contribution in [0.1, 0.15) is 77.3 Å². The predicted molar refractivity (Wildman–Crippen MR) is 133 cm³/mol. The van der Waals surface area contributed by atoms with Crippen LogP contribution in [0, 0.1) is 11.3 Å². The Hall–Kier alpha value is -1.10. The molecule has 0 heterocycles. The van der Waals surface area contributed by atoms with Crippen molar-refractivity contribution in [1.82, 2.24) is 0 Å². The van der Waals surface area contributed by atoms with E-state index in [9.17, 15) is 5.11 Å². The van der Waals surface area contributed by atoms with E-state index >= 15 is 0 Å². The molecule has 3 nitrogen and oxygen atoms in total. The minimum absolute atomic E-state index is 0.116. The van der Waals surface area contributed by atoms with Crippen LogP contribution in [0.5, 0.6) is 5.75 Å². The lowest BCUT2D eigenvalue weighted by atomic mass is 9.48. The van der Waals surface area contributed by atoms with Crippen LogP contribution < -0.4 is 4.74 Å². The summed E-state index contributed by atoms with van der Waals surface area (Å²) in [5.41, 5.74) is 6.41. The molecule has 0 radical (unpaired) electrons. The first-order valence-corrected chi connectivity index (χ1v) is 15.6. The third kappa shape index (κ3) is 3.05. The second kappa shape index (κ2) is 7.20. The summed E-state index contributed by atoms with van der Waals surface area (Å²) in [6, 6.07) is 6.71. The molecule has 5 atom stereocenters. The highest BCUT2D eigenvalue weighted by molar-refractivity contribution is 6.74. The first-order valence-electron chi connectivity index (χ1n) is 12.7. The zero-order chi connectivity index (χ0) is 23.1. The van der Waals surface area contributed by atoms with Crippen LogP contribution in [0.15, 0.2) is 29.3 Å². The third-order valence-electron chi connectivity index (χ3n) is 10.2. The second-order valence-corrected chi connectivity index (χ2v) is 17.5. The Labute approximate surface area is 195 Å². The van der Waals surface area contributed by atoms with Crippen LogP contribution in [0.2, 0.25) is 18.1 Å². The van der Waals surface area contributed by atoms with Gasteiger partial charge in [-0.15, -0.1) is 0 Å². The van der Waals surface area contributed by atoms with Crippen LogP contribution >= 0.6 is 0 Å². The SMILES string of the molecule is COc1ccc2c(c1)C[C@H]1C3=C4CC[C@H](O[Si](C)(C)C(C)(C)C)[C@@]4(C)CC[C@]32CC[C@H]1O. The van der Waals surface area contributed by atoms with Gasteiger partial charge in [0.25, 0.3) is 0 Å². The Bertz CT molecular complexity index is 958. The summed E-state index contributed by atoms with van der Waals surface area (Å²) in [4.78, 5) is 0.